The van der Waals surface area contributed by atoms with Crippen molar-refractivity contribution in [2.45, 2.75) is 17.0 Å². The molecule has 0 aliphatic rings. The second-order valence-corrected chi connectivity index (χ2v) is 7.76. The zero-order valence-electron chi connectivity index (χ0n) is 13.1. The number of aromatic nitrogens is 3. The average molecular weight is 378 g/mol. The molecule has 3 rings (SSSR count). The summed E-state index contributed by atoms with van der Waals surface area (Å²) in [7, 11) is 1.82. The number of amides is 1. The number of benzene rings is 1. The molecule has 0 spiro atoms. The first-order valence-electron chi connectivity index (χ1n) is 7.11. The maximum absolute atomic E-state index is 12.0. The van der Waals surface area contributed by atoms with Crippen molar-refractivity contribution in [1.82, 2.24) is 15.2 Å². The lowest BCUT2D eigenvalue weighted by molar-refractivity contribution is -0.115. The number of hydrogen-bond acceptors (Lipinski definition) is 8. The molecule has 0 aliphatic carbocycles. The van der Waals surface area contributed by atoms with E-state index in [-0.39, 0.29) is 5.91 Å². The fourth-order valence-electron chi connectivity index (χ4n) is 1.97. The Kier molecular flexibility index (Phi) is 5.44. The lowest BCUT2D eigenvalue weighted by atomic mass is 10.3. The van der Waals surface area contributed by atoms with Crippen molar-refractivity contribution in [1.29, 1.82) is 0 Å². The van der Waals surface area contributed by atoms with E-state index in [1.165, 1.54) is 22.7 Å². The van der Waals surface area contributed by atoms with Crippen LogP contribution in [0.15, 0.2) is 40.1 Å². The van der Waals surface area contributed by atoms with Gasteiger partial charge in [-0.25, -0.2) is 4.98 Å². The summed E-state index contributed by atoms with van der Waals surface area (Å²) in [5, 5.41) is 14.5. The monoisotopic (exact) mass is 377 g/mol. The number of thiazole rings is 1. The Morgan fingerprint density at radius 3 is 2.75 bits per heavy atom. The van der Waals surface area contributed by atoms with Gasteiger partial charge in [-0.3, -0.25) is 9.69 Å². The minimum absolute atomic E-state index is 0.0578. The maximum Gasteiger partial charge on any atom is 0.230 e. The van der Waals surface area contributed by atoms with Crippen LogP contribution in [0.5, 0.6) is 0 Å². The molecule has 1 amide bonds. The summed E-state index contributed by atoms with van der Waals surface area (Å²) in [4.78, 5) is 18.3. The molecule has 9 heteroatoms. The van der Waals surface area contributed by atoms with Gasteiger partial charge in [-0.05, 0) is 12.1 Å². The van der Waals surface area contributed by atoms with Crippen molar-refractivity contribution >= 4 is 56.3 Å². The van der Waals surface area contributed by atoms with Crippen LogP contribution in [0.1, 0.15) is 12.6 Å². The SMILES string of the molecule is CNc1nnc(SCc2csc(N(C(C)=O)c3ccccc3)n2)s1. The molecule has 1 aromatic carbocycles. The fourth-order valence-corrected chi connectivity index (χ4v) is 4.56. The highest BCUT2D eigenvalue weighted by Crippen LogP contribution is 2.32. The van der Waals surface area contributed by atoms with Gasteiger partial charge in [0.25, 0.3) is 0 Å². The van der Waals surface area contributed by atoms with E-state index in [2.05, 4.69) is 20.5 Å². The van der Waals surface area contributed by atoms with Crippen LogP contribution in [0.3, 0.4) is 0 Å². The third-order valence-electron chi connectivity index (χ3n) is 3.02. The summed E-state index contributed by atoms with van der Waals surface area (Å²) in [6.45, 7) is 1.54. The van der Waals surface area contributed by atoms with Gasteiger partial charge in [0.1, 0.15) is 0 Å². The smallest absolute Gasteiger partial charge is 0.230 e. The Morgan fingerprint density at radius 2 is 2.08 bits per heavy atom. The number of nitrogens with zero attached hydrogens (tertiary/aromatic N) is 4. The molecular formula is C15H15N5OS3. The lowest BCUT2D eigenvalue weighted by Gasteiger charge is -2.17. The standard InChI is InChI=1S/C15H15N5OS3/c1-10(21)20(12-6-4-3-5-7-12)14-17-11(8-22-14)9-23-15-19-18-13(16-2)24-15/h3-8H,9H2,1-2H3,(H,16,18). The van der Waals surface area contributed by atoms with E-state index in [0.717, 1.165) is 20.9 Å². The van der Waals surface area contributed by atoms with Crippen LogP contribution < -0.4 is 10.2 Å². The van der Waals surface area contributed by atoms with Gasteiger partial charge in [0.05, 0.1) is 11.4 Å². The normalized spacial score (nSPS) is 10.6. The van der Waals surface area contributed by atoms with E-state index < -0.39 is 0 Å². The number of rotatable bonds is 6. The van der Waals surface area contributed by atoms with Gasteiger partial charge in [0, 0.05) is 25.1 Å². The molecule has 0 saturated heterocycles. The Balaban J connectivity index is 1.72. The van der Waals surface area contributed by atoms with Crippen LogP contribution in [0.25, 0.3) is 0 Å². The summed E-state index contributed by atoms with van der Waals surface area (Å²) >= 11 is 4.55. The number of carbonyl (C=O) groups is 1. The molecule has 3 aromatic rings. The van der Waals surface area contributed by atoms with Crippen molar-refractivity contribution in [3.8, 4) is 0 Å². The second kappa shape index (κ2) is 7.73. The van der Waals surface area contributed by atoms with Crippen LogP contribution >= 0.6 is 34.4 Å². The predicted octanol–water partition coefficient (Wildman–Crippen LogP) is 4.01. The first-order chi connectivity index (χ1) is 11.7. The minimum atomic E-state index is -0.0578. The van der Waals surface area contributed by atoms with Gasteiger partial charge in [-0.1, -0.05) is 41.3 Å². The van der Waals surface area contributed by atoms with E-state index in [4.69, 9.17) is 0 Å². The molecule has 0 radical (unpaired) electrons. The number of hydrogen-bond donors (Lipinski definition) is 1. The Bertz CT molecular complexity index is 817. The molecule has 0 atom stereocenters. The first-order valence-corrected chi connectivity index (χ1v) is 9.79. The molecule has 0 aliphatic heterocycles. The third-order valence-corrected chi connectivity index (χ3v) is 6.01. The largest absolute Gasteiger partial charge is 0.363 e. The number of carbonyl (C=O) groups excluding carboxylic acids is 1. The van der Waals surface area contributed by atoms with Crippen molar-refractivity contribution in [2.24, 2.45) is 0 Å². The molecule has 2 heterocycles. The quantitative estimate of drug-likeness (QED) is 0.655. The van der Waals surface area contributed by atoms with E-state index in [1.807, 2.05) is 42.8 Å². The van der Waals surface area contributed by atoms with Crippen molar-refractivity contribution in [3.05, 3.63) is 41.4 Å². The Labute approximate surface area is 152 Å². The Morgan fingerprint density at radius 1 is 1.29 bits per heavy atom. The molecule has 124 valence electrons. The molecule has 0 saturated carbocycles. The summed E-state index contributed by atoms with van der Waals surface area (Å²) in [6.07, 6.45) is 0. The number of thioether (sulfide) groups is 1. The van der Waals surface area contributed by atoms with Crippen LogP contribution in [-0.4, -0.2) is 28.1 Å². The highest BCUT2D eigenvalue weighted by molar-refractivity contribution is 8.00. The van der Waals surface area contributed by atoms with Crippen LogP contribution in [0, 0.1) is 0 Å². The van der Waals surface area contributed by atoms with E-state index in [9.17, 15) is 4.79 Å². The molecule has 1 N–H and O–H groups in total. The second-order valence-electron chi connectivity index (χ2n) is 4.72. The zero-order valence-corrected chi connectivity index (χ0v) is 15.5. The summed E-state index contributed by atoms with van der Waals surface area (Å²) in [6, 6.07) is 9.54. The first kappa shape index (κ1) is 16.9. The fraction of sp³-hybridized carbons (Fsp3) is 0.200. The van der Waals surface area contributed by atoms with E-state index >= 15 is 0 Å². The van der Waals surface area contributed by atoms with Crippen LogP contribution in [0.4, 0.5) is 16.0 Å². The highest BCUT2D eigenvalue weighted by Gasteiger charge is 2.17. The molecule has 0 fully saturated rings. The molecular weight excluding hydrogens is 362 g/mol. The average Bonchev–Trinajstić information content (AvgIpc) is 3.23. The van der Waals surface area contributed by atoms with Gasteiger partial charge in [-0.2, -0.15) is 0 Å². The summed E-state index contributed by atoms with van der Waals surface area (Å²) < 4.78 is 0.889. The number of para-hydroxylation sites is 1. The topological polar surface area (TPSA) is 71.0 Å². The van der Waals surface area contributed by atoms with E-state index in [1.54, 1.807) is 23.6 Å². The van der Waals surface area contributed by atoms with Gasteiger partial charge < -0.3 is 5.32 Å². The molecule has 6 nitrogen and oxygen atoms in total. The van der Waals surface area contributed by atoms with E-state index in [0.29, 0.717) is 10.9 Å². The van der Waals surface area contributed by atoms with Gasteiger partial charge in [0.15, 0.2) is 9.47 Å². The predicted molar refractivity (Wildman–Crippen MR) is 100 cm³/mol. The van der Waals surface area contributed by atoms with Crippen molar-refractivity contribution in [2.75, 3.05) is 17.3 Å². The lowest BCUT2D eigenvalue weighted by Crippen LogP contribution is -2.22. The van der Waals surface area contributed by atoms with Gasteiger partial charge in [0.2, 0.25) is 11.0 Å². The van der Waals surface area contributed by atoms with Crippen molar-refractivity contribution < 1.29 is 4.79 Å². The summed E-state index contributed by atoms with van der Waals surface area (Å²) in [5.41, 5.74) is 1.74. The number of nitrogens with one attached hydrogen (secondary N) is 1. The molecule has 2 aromatic heterocycles. The minimum Gasteiger partial charge on any atom is -0.363 e. The van der Waals surface area contributed by atoms with Gasteiger partial charge >= 0.3 is 0 Å². The number of anilines is 3. The Hall–Kier alpha value is -1.97. The van der Waals surface area contributed by atoms with Gasteiger partial charge in [-0.15, -0.1) is 21.5 Å². The van der Waals surface area contributed by atoms with Crippen LogP contribution in [-0.2, 0) is 10.5 Å². The van der Waals surface area contributed by atoms with Crippen molar-refractivity contribution in [3.63, 3.8) is 0 Å². The molecule has 0 unspecified atom stereocenters. The zero-order chi connectivity index (χ0) is 16.9. The molecule has 24 heavy (non-hydrogen) atoms. The third kappa shape index (κ3) is 3.92. The van der Waals surface area contributed by atoms with Crippen LogP contribution in [0.2, 0.25) is 0 Å². The summed E-state index contributed by atoms with van der Waals surface area (Å²) in [5.74, 6) is 0.632. The molecule has 0 bridgehead atoms. The maximum atomic E-state index is 12.0. The highest BCUT2D eigenvalue weighted by atomic mass is 32.2.